The number of carboxylic acid groups (broad SMARTS) is 1. The van der Waals surface area contributed by atoms with Gasteiger partial charge in [-0.15, -0.1) is 0 Å². The van der Waals surface area contributed by atoms with Crippen molar-refractivity contribution < 1.29 is 18.3 Å². The predicted molar refractivity (Wildman–Crippen MR) is 67.8 cm³/mol. The number of nitriles is 2. The van der Waals surface area contributed by atoms with Crippen molar-refractivity contribution in [2.75, 3.05) is 18.8 Å². The Bertz CT molecular complexity index is 699. The van der Waals surface area contributed by atoms with Gasteiger partial charge in [-0.25, -0.2) is 13.2 Å². The van der Waals surface area contributed by atoms with Crippen molar-refractivity contribution in [1.82, 2.24) is 4.31 Å². The zero-order valence-electron chi connectivity index (χ0n) is 10.1. The number of rotatable bonds is 5. The highest BCUT2D eigenvalue weighted by molar-refractivity contribution is 7.89. The molecule has 0 aromatic heterocycles. The number of benzene rings is 1. The van der Waals surface area contributed by atoms with Crippen LogP contribution in [0.25, 0.3) is 0 Å². The highest BCUT2D eigenvalue weighted by Gasteiger charge is 2.29. The Kier molecular flexibility index (Phi) is 4.64. The van der Waals surface area contributed by atoms with Crippen LogP contribution < -0.4 is 5.73 Å². The van der Waals surface area contributed by atoms with E-state index in [4.69, 9.17) is 21.4 Å². The average Bonchev–Trinajstić information content (AvgIpc) is 2.38. The van der Waals surface area contributed by atoms with Gasteiger partial charge in [-0.05, 0) is 18.2 Å². The summed E-state index contributed by atoms with van der Waals surface area (Å²) < 4.78 is 25.1. The Morgan fingerprint density at radius 2 is 1.85 bits per heavy atom. The van der Waals surface area contributed by atoms with Gasteiger partial charge >= 0.3 is 5.97 Å². The quantitative estimate of drug-likeness (QED) is 0.573. The number of aromatic carboxylic acids is 1. The van der Waals surface area contributed by atoms with Crippen LogP contribution in [-0.2, 0) is 10.0 Å². The number of hydrogen-bond acceptors (Lipinski definition) is 6. The van der Waals surface area contributed by atoms with E-state index in [1.54, 1.807) is 12.1 Å². The lowest BCUT2D eigenvalue weighted by Crippen LogP contribution is -2.33. The molecule has 1 rings (SSSR count). The normalized spacial score (nSPS) is 10.8. The molecule has 0 aliphatic heterocycles. The van der Waals surface area contributed by atoms with E-state index in [9.17, 15) is 13.2 Å². The average molecular weight is 294 g/mol. The third-order valence-corrected chi connectivity index (χ3v) is 4.20. The molecule has 1 aromatic rings. The number of sulfonamides is 1. The van der Waals surface area contributed by atoms with Crippen molar-refractivity contribution in [3.63, 3.8) is 0 Å². The molecule has 104 valence electrons. The van der Waals surface area contributed by atoms with Gasteiger partial charge in [0.05, 0.1) is 22.6 Å². The van der Waals surface area contributed by atoms with Crippen LogP contribution >= 0.6 is 0 Å². The standard InChI is InChI=1S/C11H10N4O4S/c12-3-5-15(6-4-13)20(18,19)10-2-1-8(14)7-9(10)11(16)17/h1-2,7H,5-6,14H2,(H,16,17). The molecule has 0 aliphatic carbocycles. The molecule has 0 heterocycles. The number of nitrogens with zero attached hydrogens (tertiary/aromatic N) is 3. The molecule has 20 heavy (non-hydrogen) atoms. The lowest BCUT2D eigenvalue weighted by molar-refractivity contribution is 0.0692. The zero-order chi connectivity index (χ0) is 15.3. The molecular weight excluding hydrogens is 284 g/mol. The molecule has 0 saturated heterocycles. The molecular formula is C11H10N4O4S. The van der Waals surface area contributed by atoms with Gasteiger partial charge < -0.3 is 10.8 Å². The van der Waals surface area contributed by atoms with Crippen LogP contribution in [0.1, 0.15) is 10.4 Å². The summed E-state index contributed by atoms with van der Waals surface area (Å²) >= 11 is 0. The van der Waals surface area contributed by atoms with Crippen LogP contribution in [0, 0.1) is 22.7 Å². The summed E-state index contributed by atoms with van der Waals surface area (Å²) in [4.78, 5) is 10.6. The van der Waals surface area contributed by atoms with Gasteiger partial charge in [-0.2, -0.15) is 14.8 Å². The van der Waals surface area contributed by atoms with Gasteiger partial charge in [0.25, 0.3) is 0 Å². The minimum absolute atomic E-state index is 0.0912. The summed E-state index contributed by atoms with van der Waals surface area (Å²) in [6, 6.07) is 6.50. The fourth-order valence-electron chi connectivity index (χ4n) is 1.46. The first-order valence-electron chi connectivity index (χ1n) is 5.21. The second-order valence-corrected chi connectivity index (χ2v) is 5.56. The summed E-state index contributed by atoms with van der Waals surface area (Å²) in [5, 5.41) is 26.2. The van der Waals surface area contributed by atoms with E-state index in [2.05, 4.69) is 0 Å². The van der Waals surface area contributed by atoms with E-state index in [0.29, 0.717) is 4.31 Å². The maximum atomic E-state index is 12.3. The van der Waals surface area contributed by atoms with Crippen molar-refractivity contribution in [2.45, 2.75) is 4.90 Å². The van der Waals surface area contributed by atoms with Crippen molar-refractivity contribution in [1.29, 1.82) is 10.5 Å². The molecule has 8 nitrogen and oxygen atoms in total. The van der Waals surface area contributed by atoms with E-state index in [0.717, 1.165) is 12.1 Å². The molecule has 1 aromatic carbocycles. The van der Waals surface area contributed by atoms with Crippen molar-refractivity contribution in [3.05, 3.63) is 23.8 Å². The Labute approximate surface area is 115 Å². The summed E-state index contributed by atoms with van der Waals surface area (Å²) in [7, 11) is -4.27. The lowest BCUT2D eigenvalue weighted by atomic mass is 10.2. The van der Waals surface area contributed by atoms with Crippen LogP contribution in [0.15, 0.2) is 23.1 Å². The van der Waals surface area contributed by atoms with Crippen molar-refractivity contribution >= 4 is 21.7 Å². The largest absolute Gasteiger partial charge is 0.478 e. The van der Waals surface area contributed by atoms with E-state index < -0.39 is 39.5 Å². The number of carboxylic acids is 1. The number of hydrogen-bond donors (Lipinski definition) is 2. The number of nitrogen functional groups attached to an aromatic ring is 1. The van der Waals surface area contributed by atoms with Crippen LogP contribution in [0.2, 0.25) is 0 Å². The van der Waals surface area contributed by atoms with Gasteiger partial charge in [0.2, 0.25) is 10.0 Å². The first kappa shape index (κ1) is 15.4. The second kappa shape index (κ2) is 6.02. The monoisotopic (exact) mass is 294 g/mol. The van der Waals surface area contributed by atoms with E-state index in [1.807, 2.05) is 0 Å². The molecule has 0 unspecified atom stereocenters. The summed E-state index contributed by atoms with van der Waals surface area (Å²) in [5.74, 6) is -1.47. The highest BCUT2D eigenvalue weighted by Crippen LogP contribution is 2.22. The van der Waals surface area contributed by atoms with Gasteiger partial charge in [0.1, 0.15) is 13.1 Å². The number of anilines is 1. The maximum Gasteiger partial charge on any atom is 0.337 e. The minimum atomic E-state index is -4.27. The summed E-state index contributed by atoms with van der Waals surface area (Å²) in [6.45, 7) is -1.11. The van der Waals surface area contributed by atoms with E-state index in [-0.39, 0.29) is 5.69 Å². The molecule has 0 fully saturated rings. The SMILES string of the molecule is N#CCN(CC#N)S(=O)(=O)c1ccc(N)cc1C(=O)O. The molecule has 9 heteroatoms. The van der Waals surface area contributed by atoms with Gasteiger partial charge in [0.15, 0.2) is 0 Å². The third-order valence-electron chi connectivity index (χ3n) is 2.35. The first-order valence-corrected chi connectivity index (χ1v) is 6.65. The molecule has 0 bridgehead atoms. The highest BCUT2D eigenvalue weighted by atomic mass is 32.2. The van der Waals surface area contributed by atoms with E-state index in [1.165, 1.54) is 6.07 Å². The van der Waals surface area contributed by atoms with Gasteiger partial charge in [0, 0.05) is 5.69 Å². The number of nitrogens with two attached hydrogens (primary N) is 1. The number of carbonyl (C=O) groups is 1. The molecule has 0 amide bonds. The van der Waals surface area contributed by atoms with Gasteiger partial charge in [-0.3, -0.25) is 0 Å². The van der Waals surface area contributed by atoms with Crippen LogP contribution in [0.5, 0.6) is 0 Å². The summed E-state index contributed by atoms with van der Waals surface area (Å²) in [5.41, 5.74) is 5.01. The maximum absolute atomic E-state index is 12.3. The smallest absolute Gasteiger partial charge is 0.337 e. The zero-order valence-corrected chi connectivity index (χ0v) is 11.0. The van der Waals surface area contributed by atoms with Crippen molar-refractivity contribution in [3.8, 4) is 12.1 Å². The minimum Gasteiger partial charge on any atom is -0.478 e. The predicted octanol–water partition coefficient (Wildman–Crippen LogP) is 0.00486. The Balaban J connectivity index is 3.46. The van der Waals surface area contributed by atoms with Crippen molar-refractivity contribution in [2.24, 2.45) is 0 Å². The summed E-state index contributed by atoms with van der Waals surface area (Å²) in [6.07, 6.45) is 0. The van der Waals surface area contributed by atoms with Crippen LogP contribution in [0.3, 0.4) is 0 Å². The molecule has 0 spiro atoms. The fourth-order valence-corrected chi connectivity index (χ4v) is 2.86. The Morgan fingerprint density at radius 1 is 1.30 bits per heavy atom. The van der Waals surface area contributed by atoms with Crippen LogP contribution in [-0.4, -0.2) is 36.9 Å². The third kappa shape index (κ3) is 3.03. The first-order chi connectivity index (χ1) is 9.34. The molecule has 0 atom stereocenters. The van der Waals surface area contributed by atoms with Gasteiger partial charge in [-0.1, -0.05) is 0 Å². The topological polar surface area (TPSA) is 148 Å². The lowest BCUT2D eigenvalue weighted by Gasteiger charge is -2.17. The fraction of sp³-hybridized carbons (Fsp3) is 0.182. The Hall–Kier alpha value is -2.62. The molecule has 0 radical (unpaired) electrons. The molecule has 3 N–H and O–H groups in total. The molecule has 0 aliphatic rings. The van der Waals surface area contributed by atoms with E-state index >= 15 is 0 Å². The molecule has 0 saturated carbocycles. The Morgan fingerprint density at radius 3 is 2.30 bits per heavy atom. The van der Waals surface area contributed by atoms with Crippen LogP contribution in [0.4, 0.5) is 5.69 Å². The second-order valence-electron chi connectivity index (χ2n) is 3.65.